The first kappa shape index (κ1) is 36.6. The van der Waals surface area contributed by atoms with Gasteiger partial charge in [0.15, 0.2) is 0 Å². The third-order valence-corrected chi connectivity index (χ3v) is 7.55. The predicted octanol–water partition coefficient (Wildman–Crippen LogP) is 7.37. The van der Waals surface area contributed by atoms with Crippen molar-refractivity contribution in [1.29, 1.82) is 0 Å². The lowest BCUT2D eigenvalue weighted by Crippen LogP contribution is -2.54. The molecule has 0 spiro atoms. The van der Waals surface area contributed by atoms with Crippen LogP contribution in [-0.2, 0) is 20.7 Å². The molecule has 0 radical (unpaired) electrons. The lowest BCUT2D eigenvalue weighted by Gasteiger charge is -2.36. The molecule has 0 bridgehead atoms. The third-order valence-electron chi connectivity index (χ3n) is 7.55. The number of phenols is 1. The molecule has 0 saturated carbocycles. The Kier molecular flexibility index (Phi) is 15.2. The summed E-state index contributed by atoms with van der Waals surface area (Å²) in [6, 6.07) is 12.3. The van der Waals surface area contributed by atoms with E-state index in [9.17, 15) is 19.5 Å². The fourth-order valence-electron chi connectivity index (χ4n) is 5.32. The number of nitrogens with zero attached hydrogens (tertiary/aromatic N) is 1. The number of phenolic OH excluding ortho intramolecular Hbond substituents is 1. The third kappa shape index (κ3) is 12.6. The standard InChI is InChI=1S/C36H55N3O5/c1-8-10-11-12-13-16-24-39(32(30-19-15-14-18-26(30)3)33(41)37-27(4)17-9-2)34(42)31(38-35(43)44-36(5,6)7)25-28-20-22-29(40)23-21-28/h14-15,18-23,27,31-32,40H,8-13,16-17,24-25H2,1-7H3,(H,37,41)(H,38,43). The summed E-state index contributed by atoms with van der Waals surface area (Å²) in [7, 11) is 0. The number of nitrogens with one attached hydrogen (secondary N) is 2. The number of unbranched alkanes of at least 4 members (excludes halogenated alkanes) is 5. The number of alkyl carbamates (subject to hydrolysis) is 1. The van der Waals surface area contributed by atoms with Crippen LogP contribution in [0.25, 0.3) is 0 Å². The zero-order chi connectivity index (χ0) is 32.7. The molecule has 0 saturated heterocycles. The molecule has 0 aromatic heterocycles. The van der Waals surface area contributed by atoms with E-state index in [0.29, 0.717) is 6.54 Å². The molecule has 2 rings (SSSR count). The molecule has 2 aromatic carbocycles. The fraction of sp³-hybridized carbons (Fsp3) is 0.583. The molecule has 3 amide bonds. The van der Waals surface area contributed by atoms with Crippen molar-refractivity contribution in [3.63, 3.8) is 0 Å². The Balaban J connectivity index is 2.56. The van der Waals surface area contributed by atoms with Crippen LogP contribution in [0.15, 0.2) is 48.5 Å². The lowest BCUT2D eigenvalue weighted by atomic mass is 9.96. The summed E-state index contributed by atoms with van der Waals surface area (Å²) >= 11 is 0. The van der Waals surface area contributed by atoms with E-state index in [4.69, 9.17) is 4.74 Å². The van der Waals surface area contributed by atoms with Crippen molar-refractivity contribution in [2.75, 3.05) is 6.54 Å². The second-order valence-electron chi connectivity index (χ2n) is 12.8. The molecule has 3 N–H and O–H groups in total. The van der Waals surface area contributed by atoms with Gasteiger partial charge in [0.1, 0.15) is 23.4 Å². The van der Waals surface area contributed by atoms with Crippen LogP contribution in [0.1, 0.15) is 116 Å². The summed E-state index contributed by atoms with van der Waals surface area (Å²) in [5, 5.41) is 15.8. The summed E-state index contributed by atoms with van der Waals surface area (Å²) < 4.78 is 5.54. The Hall–Kier alpha value is -3.55. The summed E-state index contributed by atoms with van der Waals surface area (Å²) in [6.07, 6.45) is 7.36. The number of carbonyl (C=O) groups is 3. The smallest absolute Gasteiger partial charge is 0.408 e. The molecule has 8 heteroatoms. The molecule has 0 heterocycles. The first-order valence-corrected chi connectivity index (χ1v) is 16.3. The summed E-state index contributed by atoms with van der Waals surface area (Å²) in [6.45, 7) is 13.9. The Morgan fingerprint density at radius 2 is 1.52 bits per heavy atom. The molecule has 3 unspecified atom stereocenters. The average Bonchev–Trinajstić information content (AvgIpc) is 2.94. The maximum Gasteiger partial charge on any atom is 0.408 e. The molecule has 0 aliphatic carbocycles. The van der Waals surface area contributed by atoms with Crippen LogP contribution in [0.5, 0.6) is 5.75 Å². The summed E-state index contributed by atoms with van der Waals surface area (Å²) in [5.41, 5.74) is 1.67. The van der Waals surface area contributed by atoms with Gasteiger partial charge in [-0.2, -0.15) is 0 Å². The van der Waals surface area contributed by atoms with Crippen molar-refractivity contribution in [3.8, 4) is 5.75 Å². The van der Waals surface area contributed by atoms with Crippen LogP contribution in [0, 0.1) is 6.92 Å². The number of ether oxygens (including phenoxy) is 1. The van der Waals surface area contributed by atoms with E-state index in [-0.39, 0.29) is 30.0 Å². The van der Waals surface area contributed by atoms with E-state index in [1.807, 2.05) is 38.1 Å². The van der Waals surface area contributed by atoms with E-state index >= 15 is 0 Å². The van der Waals surface area contributed by atoms with Crippen molar-refractivity contribution >= 4 is 17.9 Å². The molecule has 8 nitrogen and oxygen atoms in total. The molecular weight excluding hydrogens is 554 g/mol. The number of hydrogen-bond acceptors (Lipinski definition) is 5. The number of amides is 3. The van der Waals surface area contributed by atoms with E-state index in [1.54, 1.807) is 49.9 Å². The van der Waals surface area contributed by atoms with Gasteiger partial charge >= 0.3 is 6.09 Å². The number of carbonyl (C=O) groups excluding carboxylic acids is 3. The van der Waals surface area contributed by atoms with Crippen molar-refractivity contribution in [3.05, 3.63) is 65.2 Å². The number of benzene rings is 2. The molecule has 244 valence electrons. The maximum atomic E-state index is 14.7. The van der Waals surface area contributed by atoms with Gasteiger partial charge in [0.2, 0.25) is 11.8 Å². The van der Waals surface area contributed by atoms with Crippen LogP contribution >= 0.6 is 0 Å². The molecule has 44 heavy (non-hydrogen) atoms. The van der Waals surface area contributed by atoms with Crippen LogP contribution < -0.4 is 10.6 Å². The quantitative estimate of drug-likeness (QED) is 0.162. The normalized spacial score (nSPS) is 13.4. The molecule has 3 atom stereocenters. The van der Waals surface area contributed by atoms with E-state index in [0.717, 1.165) is 61.6 Å². The van der Waals surface area contributed by atoms with Crippen molar-refractivity contribution in [2.45, 2.75) is 130 Å². The van der Waals surface area contributed by atoms with Gasteiger partial charge in [0, 0.05) is 19.0 Å². The summed E-state index contributed by atoms with van der Waals surface area (Å²) in [5.74, 6) is -0.483. The molecule has 0 aliphatic heterocycles. The van der Waals surface area contributed by atoms with Gasteiger partial charge in [0.05, 0.1) is 0 Å². The SMILES string of the molecule is CCCCCCCCN(C(=O)C(Cc1ccc(O)cc1)NC(=O)OC(C)(C)C)C(C(=O)NC(C)CCC)c1ccccc1C. The van der Waals surface area contributed by atoms with Gasteiger partial charge < -0.3 is 25.4 Å². The highest BCUT2D eigenvalue weighted by Gasteiger charge is 2.37. The molecule has 0 aliphatic rings. The Bertz CT molecular complexity index is 1180. The van der Waals surface area contributed by atoms with Crippen LogP contribution in [0.4, 0.5) is 4.79 Å². The van der Waals surface area contributed by atoms with E-state index in [1.165, 1.54) is 6.42 Å². The highest BCUT2D eigenvalue weighted by Crippen LogP contribution is 2.27. The van der Waals surface area contributed by atoms with Gasteiger partial charge in [0.25, 0.3) is 0 Å². The minimum atomic E-state index is -0.998. The fourth-order valence-corrected chi connectivity index (χ4v) is 5.32. The minimum absolute atomic E-state index is 0.0577. The Morgan fingerprint density at radius 1 is 0.886 bits per heavy atom. The second kappa shape index (κ2) is 18.3. The van der Waals surface area contributed by atoms with Gasteiger partial charge in [-0.15, -0.1) is 0 Å². The Labute approximate surface area is 264 Å². The number of aryl methyl sites for hydroxylation is 1. The number of aromatic hydroxyl groups is 1. The molecule has 0 fully saturated rings. The molecule has 2 aromatic rings. The van der Waals surface area contributed by atoms with Crippen molar-refractivity contribution < 1.29 is 24.2 Å². The zero-order valence-electron chi connectivity index (χ0n) is 27.9. The number of rotatable bonds is 17. The first-order chi connectivity index (χ1) is 20.9. The Morgan fingerprint density at radius 3 is 2.14 bits per heavy atom. The molecular formula is C36H55N3O5. The van der Waals surface area contributed by atoms with Gasteiger partial charge in [-0.05, 0) is 76.3 Å². The lowest BCUT2D eigenvalue weighted by molar-refractivity contribution is -0.142. The predicted molar refractivity (Wildman–Crippen MR) is 176 cm³/mol. The van der Waals surface area contributed by atoms with Crippen molar-refractivity contribution in [2.24, 2.45) is 0 Å². The zero-order valence-corrected chi connectivity index (χ0v) is 27.9. The van der Waals surface area contributed by atoms with Crippen LogP contribution in [-0.4, -0.2) is 52.1 Å². The minimum Gasteiger partial charge on any atom is -0.508 e. The topological polar surface area (TPSA) is 108 Å². The highest BCUT2D eigenvalue weighted by molar-refractivity contribution is 5.92. The van der Waals surface area contributed by atoms with Gasteiger partial charge in [-0.3, -0.25) is 9.59 Å². The van der Waals surface area contributed by atoms with E-state index in [2.05, 4.69) is 24.5 Å². The average molecular weight is 610 g/mol. The monoisotopic (exact) mass is 609 g/mol. The number of hydrogen-bond donors (Lipinski definition) is 3. The highest BCUT2D eigenvalue weighted by atomic mass is 16.6. The van der Waals surface area contributed by atoms with Gasteiger partial charge in [-0.1, -0.05) is 88.8 Å². The van der Waals surface area contributed by atoms with Crippen LogP contribution in [0.2, 0.25) is 0 Å². The van der Waals surface area contributed by atoms with Crippen LogP contribution in [0.3, 0.4) is 0 Å². The van der Waals surface area contributed by atoms with E-state index < -0.39 is 23.8 Å². The summed E-state index contributed by atoms with van der Waals surface area (Å²) in [4.78, 5) is 43.4. The van der Waals surface area contributed by atoms with Crippen molar-refractivity contribution in [1.82, 2.24) is 15.5 Å². The second-order valence-corrected chi connectivity index (χ2v) is 12.8. The maximum absolute atomic E-state index is 14.7. The largest absolute Gasteiger partial charge is 0.508 e. The van der Waals surface area contributed by atoms with Gasteiger partial charge in [-0.25, -0.2) is 4.79 Å². The first-order valence-electron chi connectivity index (χ1n) is 16.3.